The summed E-state index contributed by atoms with van der Waals surface area (Å²) in [5.41, 5.74) is -1.99. The van der Waals surface area contributed by atoms with E-state index in [-0.39, 0.29) is 11.8 Å². The highest BCUT2D eigenvalue weighted by Crippen LogP contribution is 2.44. The molecule has 0 saturated heterocycles. The van der Waals surface area contributed by atoms with Crippen molar-refractivity contribution in [3.63, 3.8) is 0 Å². The molecule has 1 fully saturated rings. The van der Waals surface area contributed by atoms with Gasteiger partial charge in [-0.25, -0.2) is 0 Å². The number of carbonyl (C=O) groups is 2. The molecule has 4 aromatic rings. The van der Waals surface area contributed by atoms with Gasteiger partial charge in [0, 0.05) is 0 Å². The molecule has 1 aliphatic rings. The summed E-state index contributed by atoms with van der Waals surface area (Å²) < 4.78 is 0. The molecule has 316 valence electrons. The molecule has 2 amide bonds. The summed E-state index contributed by atoms with van der Waals surface area (Å²) in [4.78, 5) is 30.9. The topological polar surface area (TPSA) is 98.7 Å². The van der Waals surface area contributed by atoms with Gasteiger partial charge in [-0.1, -0.05) is 209 Å². The van der Waals surface area contributed by atoms with Crippen LogP contribution in [0, 0.1) is 5.41 Å². The molecule has 0 unspecified atom stereocenters. The van der Waals surface area contributed by atoms with Crippen LogP contribution in [0.3, 0.4) is 0 Å². The fourth-order valence-corrected chi connectivity index (χ4v) is 9.81. The first kappa shape index (κ1) is 45.3. The normalized spacial score (nSPS) is 15.6. The van der Waals surface area contributed by atoms with Crippen molar-refractivity contribution >= 4 is 33.4 Å². The predicted molar refractivity (Wildman–Crippen MR) is 242 cm³/mol. The summed E-state index contributed by atoms with van der Waals surface area (Å²) in [7, 11) is 0. The van der Waals surface area contributed by atoms with Gasteiger partial charge in [0.25, 0.3) is 0 Å². The molecule has 0 aliphatic heterocycles. The number of carbonyl (C=O) groups excluding carboxylic acids is 2. The highest BCUT2D eigenvalue weighted by molar-refractivity contribution is 6.06. The first-order chi connectivity index (χ1) is 28.2. The second kappa shape index (κ2) is 22.0. The van der Waals surface area contributed by atoms with Crippen LogP contribution in [0.5, 0.6) is 0 Å². The maximum absolute atomic E-state index is 15.4. The van der Waals surface area contributed by atoms with Crippen molar-refractivity contribution in [1.82, 2.24) is 10.6 Å². The minimum absolute atomic E-state index is 0.316. The first-order valence-electron chi connectivity index (χ1n) is 23.2. The molecule has 1 aliphatic carbocycles. The van der Waals surface area contributed by atoms with E-state index >= 15 is 9.59 Å². The molecule has 1 saturated carbocycles. The van der Waals surface area contributed by atoms with Gasteiger partial charge in [0.05, 0.1) is 23.3 Å². The highest BCUT2D eigenvalue weighted by Gasteiger charge is 2.51. The Kier molecular flexibility index (Phi) is 17.2. The summed E-state index contributed by atoms with van der Waals surface area (Å²) >= 11 is 0. The van der Waals surface area contributed by atoms with Gasteiger partial charge in [-0.2, -0.15) is 0 Å². The molecular weight excluding hydrogens is 717 g/mol. The molecule has 0 radical (unpaired) electrons. The van der Waals surface area contributed by atoms with Crippen molar-refractivity contribution in [2.45, 2.75) is 186 Å². The number of benzene rings is 4. The van der Waals surface area contributed by atoms with Gasteiger partial charge >= 0.3 is 0 Å². The Morgan fingerprint density at radius 1 is 0.517 bits per heavy atom. The molecule has 4 aromatic carbocycles. The minimum atomic E-state index is -1.36. The summed E-state index contributed by atoms with van der Waals surface area (Å²) in [6, 6.07) is 27.3. The SMILES string of the molecule is CCCCCC(O)(CCCCC)[C@@H](NC(=O)C1(C(=O)N[C@@H](c2cccc3ccccc23)C(O)(CCCCC)CCCCC)CCCCC1)c1cccc2ccccc12. The quantitative estimate of drug-likeness (QED) is 0.0420. The van der Waals surface area contributed by atoms with Crippen LogP contribution in [0.1, 0.15) is 186 Å². The number of aliphatic hydroxyl groups is 2. The zero-order valence-electron chi connectivity index (χ0n) is 36.3. The molecule has 0 heterocycles. The van der Waals surface area contributed by atoms with Gasteiger partial charge in [-0.05, 0) is 71.2 Å². The molecule has 4 N–H and O–H groups in total. The third-order valence-electron chi connectivity index (χ3n) is 13.3. The Bertz CT molecular complexity index is 1720. The molecule has 6 nitrogen and oxygen atoms in total. The van der Waals surface area contributed by atoms with E-state index in [0.717, 1.165) is 129 Å². The fourth-order valence-electron chi connectivity index (χ4n) is 9.81. The monoisotopic (exact) mass is 791 g/mol. The summed E-state index contributed by atoms with van der Waals surface area (Å²) in [6.07, 6.45) is 17.0. The summed E-state index contributed by atoms with van der Waals surface area (Å²) in [5.74, 6) is -0.631. The van der Waals surface area contributed by atoms with Gasteiger partial charge in [-0.3, -0.25) is 9.59 Å². The van der Waals surface area contributed by atoms with Crippen LogP contribution in [-0.2, 0) is 9.59 Å². The Balaban J connectivity index is 1.61. The molecule has 0 bridgehead atoms. The third-order valence-corrected chi connectivity index (χ3v) is 13.3. The number of hydrogen-bond donors (Lipinski definition) is 4. The molecule has 2 atom stereocenters. The highest BCUT2D eigenvalue weighted by atomic mass is 16.3. The van der Waals surface area contributed by atoms with Crippen LogP contribution < -0.4 is 10.6 Å². The average molecular weight is 791 g/mol. The van der Waals surface area contributed by atoms with Crippen molar-refractivity contribution in [2.24, 2.45) is 5.41 Å². The number of unbranched alkanes of at least 4 members (excludes halogenated alkanes) is 8. The van der Waals surface area contributed by atoms with Crippen molar-refractivity contribution < 1.29 is 19.8 Å². The van der Waals surface area contributed by atoms with E-state index in [0.29, 0.717) is 38.5 Å². The largest absolute Gasteiger partial charge is 0.387 e. The molecular formula is C52H74N2O4. The van der Waals surface area contributed by atoms with E-state index in [4.69, 9.17) is 0 Å². The van der Waals surface area contributed by atoms with Crippen LogP contribution in [0.15, 0.2) is 84.9 Å². The molecule has 6 heteroatoms. The Hall–Kier alpha value is -3.74. The van der Waals surface area contributed by atoms with Gasteiger partial charge in [0.1, 0.15) is 5.41 Å². The van der Waals surface area contributed by atoms with Gasteiger partial charge in [0.15, 0.2) is 0 Å². The van der Waals surface area contributed by atoms with Crippen molar-refractivity contribution in [3.8, 4) is 0 Å². The van der Waals surface area contributed by atoms with Gasteiger partial charge in [0.2, 0.25) is 11.8 Å². The Labute approximate surface area is 350 Å². The molecule has 58 heavy (non-hydrogen) atoms. The average Bonchev–Trinajstić information content (AvgIpc) is 3.25. The Morgan fingerprint density at radius 3 is 1.22 bits per heavy atom. The van der Waals surface area contributed by atoms with E-state index in [1.807, 2.05) is 36.4 Å². The van der Waals surface area contributed by atoms with E-state index < -0.39 is 28.7 Å². The van der Waals surface area contributed by atoms with E-state index in [1.165, 1.54) is 0 Å². The predicted octanol–water partition coefficient (Wildman–Crippen LogP) is 12.7. The number of fused-ring (bicyclic) bond motifs is 2. The number of amides is 2. The van der Waals surface area contributed by atoms with Gasteiger partial charge < -0.3 is 20.8 Å². The second-order valence-corrected chi connectivity index (χ2v) is 17.6. The summed E-state index contributed by atoms with van der Waals surface area (Å²) in [5, 5.41) is 37.0. The van der Waals surface area contributed by atoms with Crippen LogP contribution in [-0.4, -0.2) is 33.2 Å². The van der Waals surface area contributed by atoms with E-state index in [1.54, 1.807) is 0 Å². The number of rotatable bonds is 24. The second-order valence-electron chi connectivity index (χ2n) is 17.6. The van der Waals surface area contributed by atoms with Crippen LogP contribution in [0.2, 0.25) is 0 Å². The van der Waals surface area contributed by atoms with Crippen molar-refractivity contribution in [1.29, 1.82) is 0 Å². The number of hydrogen-bond acceptors (Lipinski definition) is 4. The standard InChI is InChI=1S/C52H74N2O4/c1-5-9-18-36-51(57,37-19-10-6-2)46(44-32-24-28-40-26-14-16-30-42(40)44)53-48(55)50(34-22-13-23-35-50)49(56)54-47(45-33-25-29-41-27-15-17-31-43(41)45)52(58,38-20-11-7-3)39-21-12-8-4/h14-17,24-33,46-47,57-58H,5-13,18-23,34-39H2,1-4H3,(H,53,55)(H,54,56)/t46-,47-/m0/s1. The lowest BCUT2D eigenvalue weighted by Gasteiger charge is -2.43. The lowest BCUT2D eigenvalue weighted by Crippen LogP contribution is -2.58. The fraction of sp³-hybridized carbons (Fsp3) is 0.577. The lowest BCUT2D eigenvalue weighted by atomic mass is 9.70. The smallest absolute Gasteiger partial charge is 0.236 e. The van der Waals surface area contributed by atoms with Crippen LogP contribution in [0.4, 0.5) is 0 Å². The zero-order valence-corrected chi connectivity index (χ0v) is 36.3. The third kappa shape index (κ3) is 10.9. The van der Waals surface area contributed by atoms with E-state index in [2.05, 4.69) is 86.9 Å². The summed E-state index contributed by atoms with van der Waals surface area (Å²) in [6.45, 7) is 8.69. The van der Waals surface area contributed by atoms with Gasteiger partial charge in [-0.15, -0.1) is 0 Å². The first-order valence-corrected chi connectivity index (χ1v) is 23.2. The molecule has 5 rings (SSSR count). The zero-order chi connectivity index (χ0) is 41.4. The molecule has 0 spiro atoms. The lowest BCUT2D eigenvalue weighted by molar-refractivity contribution is -0.150. The van der Waals surface area contributed by atoms with E-state index in [9.17, 15) is 10.2 Å². The van der Waals surface area contributed by atoms with Crippen LogP contribution in [0.25, 0.3) is 21.5 Å². The maximum Gasteiger partial charge on any atom is 0.236 e. The maximum atomic E-state index is 15.4. The number of nitrogens with one attached hydrogen (secondary N) is 2. The molecule has 0 aromatic heterocycles. The van der Waals surface area contributed by atoms with Crippen molar-refractivity contribution in [3.05, 3.63) is 96.1 Å². The Morgan fingerprint density at radius 2 is 0.862 bits per heavy atom. The minimum Gasteiger partial charge on any atom is -0.387 e. The van der Waals surface area contributed by atoms with Crippen LogP contribution >= 0.6 is 0 Å². The van der Waals surface area contributed by atoms with Crippen molar-refractivity contribution in [2.75, 3.05) is 0 Å².